The Hall–Kier alpha value is -3.29. The minimum Gasteiger partial charge on any atom is -0.406 e. The van der Waals surface area contributed by atoms with Crippen molar-refractivity contribution >= 4 is 24.2 Å². The molecular formula is C21H20F3N3O2. The van der Waals surface area contributed by atoms with Crippen molar-refractivity contribution in [2.24, 2.45) is 4.99 Å². The summed E-state index contributed by atoms with van der Waals surface area (Å²) in [6, 6.07) is 5.91. The molecule has 0 saturated carbocycles. The molecule has 0 radical (unpaired) electrons. The molecule has 3 rings (SSSR count). The second-order valence-corrected chi connectivity index (χ2v) is 6.63. The predicted molar refractivity (Wildman–Crippen MR) is 105 cm³/mol. The zero-order valence-corrected chi connectivity index (χ0v) is 16.2. The SMILES string of the molecule is C=Nc1[nH]cc(Cc2cccc(OC(F)(F)F)c2)c1/C=C(\C)c1c(C)noc1C. The molecule has 2 heterocycles. The highest BCUT2D eigenvalue weighted by Crippen LogP contribution is 2.31. The predicted octanol–water partition coefficient (Wildman–Crippen LogP) is 6.00. The Labute approximate surface area is 165 Å². The maximum Gasteiger partial charge on any atom is 0.573 e. The molecule has 8 heteroatoms. The van der Waals surface area contributed by atoms with Crippen molar-refractivity contribution in [3.8, 4) is 5.75 Å². The minimum atomic E-state index is -4.73. The van der Waals surface area contributed by atoms with Gasteiger partial charge in [-0.2, -0.15) is 0 Å². The second-order valence-electron chi connectivity index (χ2n) is 6.63. The maximum atomic E-state index is 12.5. The summed E-state index contributed by atoms with van der Waals surface area (Å²) >= 11 is 0. The van der Waals surface area contributed by atoms with Crippen LogP contribution in [0.25, 0.3) is 11.6 Å². The third kappa shape index (κ3) is 4.77. The summed E-state index contributed by atoms with van der Waals surface area (Å²) in [4.78, 5) is 7.07. The monoisotopic (exact) mass is 403 g/mol. The Kier molecular flexibility index (Phi) is 5.63. The topological polar surface area (TPSA) is 63.4 Å². The van der Waals surface area contributed by atoms with Gasteiger partial charge in [0.05, 0.1) is 5.69 Å². The van der Waals surface area contributed by atoms with Crippen LogP contribution in [0, 0.1) is 13.8 Å². The van der Waals surface area contributed by atoms with E-state index in [1.807, 2.05) is 26.8 Å². The van der Waals surface area contributed by atoms with E-state index < -0.39 is 6.36 Å². The highest BCUT2D eigenvalue weighted by molar-refractivity contribution is 5.85. The number of aromatic amines is 1. The zero-order valence-electron chi connectivity index (χ0n) is 16.2. The molecule has 0 aliphatic heterocycles. The number of aliphatic imine (C=N–C) groups is 1. The zero-order chi connectivity index (χ0) is 21.2. The minimum absolute atomic E-state index is 0.253. The summed E-state index contributed by atoms with van der Waals surface area (Å²) in [5.41, 5.74) is 4.96. The summed E-state index contributed by atoms with van der Waals surface area (Å²) in [5, 5.41) is 3.97. The van der Waals surface area contributed by atoms with Crippen LogP contribution in [0.3, 0.4) is 0 Å². The van der Waals surface area contributed by atoms with Crippen molar-refractivity contribution in [2.45, 2.75) is 33.6 Å². The van der Waals surface area contributed by atoms with E-state index in [0.717, 1.165) is 28.0 Å². The molecule has 0 unspecified atom stereocenters. The first-order valence-corrected chi connectivity index (χ1v) is 8.81. The number of H-pyrrole nitrogens is 1. The van der Waals surface area contributed by atoms with Gasteiger partial charge in [-0.1, -0.05) is 17.3 Å². The maximum absolute atomic E-state index is 12.5. The number of alkyl halides is 3. The number of aryl methyl sites for hydroxylation is 2. The van der Waals surface area contributed by atoms with Gasteiger partial charge in [0.2, 0.25) is 0 Å². The first kappa shape index (κ1) is 20.4. The lowest BCUT2D eigenvalue weighted by atomic mass is 9.99. The van der Waals surface area contributed by atoms with Crippen molar-refractivity contribution in [3.05, 3.63) is 64.2 Å². The van der Waals surface area contributed by atoms with Crippen LogP contribution in [0.15, 0.2) is 40.0 Å². The van der Waals surface area contributed by atoms with Gasteiger partial charge < -0.3 is 14.2 Å². The lowest BCUT2D eigenvalue weighted by Gasteiger charge is -2.10. The third-order valence-corrected chi connectivity index (χ3v) is 4.46. The largest absolute Gasteiger partial charge is 0.573 e. The third-order valence-electron chi connectivity index (χ3n) is 4.46. The Bertz CT molecular complexity index is 1040. The quantitative estimate of drug-likeness (QED) is 0.513. The first-order chi connectivity index (χ1) is 13.7. The first-order valence-electron chi connectivity index (χ1n) is 8.81. The normalized spacial score (nSPS) is 12.3. The van der Waals surface area contributed by atoms with E-state index in [4.69, 9.17) is 4.52 Å². The number of nitrogens with zero attached hydrogens (tertiary/aromatic N) is 2. The Morgan fingerprint density at radius 1 is 1.34 bits per heavy atom. The Morgan fingerprint density at radius 3 is 2.72 bits per heavy atom. The fraction of sp³-hybridized carbons (Fsp3) is 0.238. The number of aromatic nitrogens is 2. The lowest BCUT2D eigenvalue weighted by Crippen LogP contribution is -2.17. The Morgan fingerprint density at radius 2 is 2.10 bits per heavy atom. The summed E-state index contributed by atoms with van der Waals surface area (Å²) in [5.74, 6) is 1.03. The molecular weight excluding hydrogens is 383 g/mol. The Balaban J connectivity index is 1.95. The van der Waals surface area contributed by atoms with E-state index >= 15 is 0 Å². The van der Waals surface area contributed by atoms with Gasteiger partial charge in [-0.05, 0) is 68.8 Å². The number of nitrogens with one attached hydrogen (secondary N) is 1. The van der Waals surface area contributed by atoms with Gasteiger partial charge in [0, 0.05) is 17.3 Å². The molecule has 0 fully saturated rings. The van der Waals surface area contributed by atoms with Crippen LogP contribution >= 0.6 is 0 Å². The van der Waals surface area contributed by atoms with E-state index in [1.165, 1.54) is 18.2 Å². The van der Waals surface area contributed by atoms with E-state index in [1.54, 1.807) is 12.3 Å². The number of hydrogen-bond acceptors (Lipinski definition) is 4. The molecule has 2 aromatic heterocycles. The smallest absolute Gasteiger partial charge is 0.406 e. The average Bonchev–Trinajstić information content (AvgIpc) is 3.16. The number of allylic oxidation sites excluding steroid dienone is 1. The number of rotatable bonds is 6. The van der Waals surface area contributed by atoms with Crippen molar-refractivity contribution in [1.82, 2.24) is 10.1 Å². The molecule has 1 aromatic carbocycles. The molecule has 5 nitrogen and oxygen atoms in total. The van der Waals surface area contributed by atoms with Crippen LogP contribution in [-0.4, -0.2) is 23.2 Å². The van der Waals surface area contributed by atoms with Gasteiger partial charge in [0.1, 0.15) is 17.3 Å². The summed E-state index contributed by atoms with van der Waals surface area (Å²) in [6.45, 7) is 9.22. The van der Waals surface area contributed by atoms with Gasteiger partial charge >= 0.3 is 6.36 Å². The van der Waals surface area contributed by atoms with Crippen molar-refractivity contribution < 1.29 is 22.4 Å². The lowest BCUT2D eigenvalue weighted by molar-refractivity contribution is -0.274. The van der Waals surface area contributed by atoms with Crippen LogP contribution in [0.1, 0.15) is 40.6 Å². The molecule has 0 aliphatic rings. The molecule has 3 aromatic rings. The number of benzene rings is 1. The summed E-state index contributed by atoms with van der Waals surface area (Å²) in [6.07, 6.45) is -0.625. The van der Waals surface area contributed by atoms with Crippen LogP contribution in [-0.2, 0) is 6.42 Å². The van der Waals surface area contributed by atoms with E-state index in [2.05, 4.69) is 26.6 Å². The van der Waals surface area contributed by atoms with Gasteiger partial charge in [-0.15, -0.1) is 13.2 Å². The highest BCUT2D eigenvalue weighted by Gasteiger charge is 2.31. The number of hydrogen-bond donors (Lipinski definition) is 1. The van der Waals surface area contributed by atoms with Gasteiger partial charge in [0.25, 0.3) is 0 Å². The molecule has 0 saturated heterocycles. The average molecular weight is 403 g/mol. The van der Waals surface area contributed by atoms with Crippen LogP contribution in [0.4, 0.5) is 19.0 Å². The molecule has 0 atom stereocenters. The fourth-order valence-electron chi connectivity index (χ4n) is 3.31. The number of ether oxygens (including phenoxy) is 1. The fourth-order valence-corrected chi connectivity index (χ4v) is 3.31. The van der Waals surface area contributed by atoms with Crippen molar-refractivity contribution in [2.75, 3.05) is 0 Å². The van der Waals surface area contributed by atoms with E-state index in [9.17, 15) is 13.2 Å². The van der Waals surface area contributed by atoms with Crippen molar-refractivity contribution in [1.29, 1.82) is 0 Å². The molecule has 29 heavy (non-hydrogen) atoms. The van der Waals surface area contributed by atoms with Crippen LogP contribution < -0.4 is 4.74 Å². The van der Waals surface area contributed by atoms with Gasteiger partial charge in [-0.25, -0.2) is 4.99 Å². The molecule has 1 N–H and O–H groups in total. The molecule has 152 valence electrons. The van der Waals surface area contributed by atoms with Gasteiger partial charge in [-0.3, -0.25) is 0 Å². The standard InChI is InChI=1S/C21H20F3N3O2/c1-12(19-13(2)27-29-14(19)3)8-18-16(11-26-20(18)25-4)9-15-6-5-7-17(10-15)28-21(22,23)24/h5-8,10-11,26H,4,9H2,1-3H3/b12-8+. The van der Waals surface area contributed by atoms with Crippen LogP contribution in [0.2, 0.25) is 0 Å². The van der Waals surface area contributed by atoms with E-state index in [-0.39, 0.29) is 5.75 Å². The summed E-state index contributed by atoms with van der Waals surface area (Å²) in [7, 11) is 0. The van der Waals surface area contributed by atoms with E-state index in [0.29, 0.717) is 23.6 Å². The molecule has 0 amide bonds. The molecule has 0 bridgehead atoms. The number of halogens is 3. The highest BCUT2D eigenvalue weighted by atomic mass is 19.4. The van der Waals surface area contributed by atoms with Crippen molar-refractivity contribution in [3.63, 3.8) is 0 Å². The second kappa shape index (κ2) is 7.98. The molecule has 0 spiro atoms. The van der Waals surface area contributed by atoms with Crippen LogP contribution in [0.5, 0.6) is 5.75 Å². The summed E-state index contributed by atoms with van der Waals surface area (Å²) < 4.78 is 46.7. The van der Waals surface area contributed by atoms with Gasteiger partial charge in [0.15, 0.2) is 0 Å². The molecule has 0 aliphatic carbocycles.